The van der Waals surface area contributed by atoms with Gasteiger partial charge in [-0.3, -0.25) is 9.97 Å². The van der Waals surface area contributed by atoms with Crippen LogP contribution in [0.1, 0.15) is 10.4 Å². The molecule has 0 aliphatic heterocycles. The lowest BCUT2D eigenvalue weighted by atomic mass is 10.1. The SMILES string of the molecule is O=C(O)c1ccc(-c2cccnc2)nc1-c1cccnc1. The predicted octanol–water partition coefficient (Wildman–Crippen LogP) is 2.90. The largest absolute Gasteiger partial charge is 0.478 e. The Kier molecular flexibility index (Phi) is 3.39. The van der Waals surface area contributed by atoms with Crippen LogP contribution >= 0.6 is 0 Å². The fourth-order valence-electron chi connectivity index (χ4n) is 2.03. The average Bonchev–Trinajstić information content (AvgIpc) is 2.56. The lowest BCUT2D eigenvalue weighted by Crippen LogP contribution is -2.02. The summed E-state index contributed by atoms with van der Waals surface area (Å²) in [6, 6.07) is 10.5. The van der Waals surface area contributed by atoms with Gasteiger partial charge >= 0.3 is 5.97 Å². The maximum absolute atomic E-state index is 11.4. The van der Waals surface area contributed by atoms with Crippen molar-refractivity contribution in [2.75, 3.05) is 0 Å². The van der Waals surface area contributed by atoms with Crippen LogP contribution in [0.4, 0.5) is 0 Å². The Balaban J connectivity index is 2.18. The first kappa shape index (κ1) is 12.9. The van der Waals surface area contributed by atoms with E-state index in [4.69, 9.17) is 0 Å². The summed E-state index contributed by atoms with van der Waals surface area (Å²) in [5, 5.41) is 9.32. The lowest BCUT2D eigenvalue weighted by molar-refractivity contribution is 0.0697. The average molecular weight is 277 g/mol. The van der Waals surface area contributed by atoms with Crippen molar-refractivity contribution in [2.45, 2.75) is 0 Å². The number of rotatable bonds is 3. The summed E-state index contributed by atoms with van der Waals surface area (Å²) < 4.78 is 0. The van der Waals surface area contributed by atoms with Crippen LogP contribution in [0.3, 0.4) is 0 Å². The third-order valence-corrected chi connectivity index (χ3v) is 3.02. The summed E-state index contributed by atoms with van der Waals surface area (Å²) in [6.45, 7) is 0. The highest BCUT2D eigenvalue weighted by Gasteiger charge is 2.15. The monoisotopic (exact) mass is 277 g/mol. The molecule has 0 atom stereocenters. The molecular weight excluding hydrogens is 266 g/mol. The smallest absolute Gasteiger partial charge is 0.337 e. The number of carbonyl (C=O) groups is 1. The molecule has 1 N–H and O–H groups in total. The molecular formula is C16H11N3O2. The molecule has 0 radical (unpaired) electrons. The Labute approximate surface area is 121 Å². The third kappa shape index (κ3) is 2.62. The maximum atomic E-state index is 11.4. The quantitative estimate of drug-likeness (QED) is 0.796. The Bertz CT molecular complexity index is 774. The minimum atomic E-state index is -1.01. The topological polar surface area (TPSA) is 76.0 Å². The Hall–Kier alpha value is -3.08. The van der Waals surface area contributed by atoms with E-state index in [2.05, 4.69) is 15.0 Å². The van der Waals surface area contributed by atoms with Crippen molar-refractivity contribution in [3.8, 4) is 22.5 Å². The number of carboxylic acids is 1. The molecule has 5 heteroatoms. The summed E-state index contributed by atoms with van der Waals surface area (Å²) in [6.07, 6.45) is 6.60. The second-order valence-electron chi connectivity index (χ2n) is 4.38. The number of hydrogen-bond donors (Lipinski definition) is 1. The first-order chi connectivity index (χ1) is 10.3. The van der Waals surface area contributed by atoms with E-state index in [1.165, 1.54) is 0 Å². The minimum absolute atomic E-state index is 0.149. The fraction of sp³-hybridized carbons (Fsp3) is 0. The van der Waals surface area contributed by atoms with E-state index in [-0.39, 0.29) is 5.56 Å². The highest BCUT2D eigenvalue weighted by Crippen LogP contribution is 2.25. The van der Waals surface area contributed by atoms with Gasteiger partial charge in [-0.15, -0.1) is 0 Å². The molecule has 0 aromatic carbocycles. The van der Waals surface area contributed by atoms with Crippen molar-refractivity contribution < 1.29 is 9.90 Å². The number of pyridine rings is 3. The summed E-state index contributed by atoms with van der Waals surface area (Å²) in [7, 11) is 0. The van der Waals surface area contributed by atoms with Crippen molar-refractivity contribution in [3.63, 3.8) is 0 Å². The van der Waals surface area contributed by atoms with Gasteiger partial charge in [-0.25, -0.2) is 9.78 Å². The van der Waals surface area contributed by atoms with Gasteiger partial charge in [-0.2, -0.15) is 0 Å². The van der Waals surface area contributed by atoms with Crippen LogP contribution in [-0.4, -0.2) is 26.0 Å². The zero-order valence-electron chi connectivity index (χ0n) is 11.0. The number of hydrogen-bond acceptors (Lipinski definition) is 4. The molecule has 3 rings (SSSR count). The van der Waals surface area contributed by atoms with Crippen LogP contribution in [-0.2, 0) is 0 Å². The Morgan fingerprint density at radius 1 is 0.905 bits per heavy atom. The number of carboxylic acid groups (broad SMARTS) is 1. The van der Waals surface area contributed by atoms with Gasteiger partial charge in [0.25, 0.3) is 0 Å². The van der Waals surface area contributed by atoms with E-state index in [0.717, 1.165) is 5.56 Å². The van der Waals surface area contributed by atoms with Crippen LogP contribution in [0.2, 0.25) is 0 Å². The second-order valence-corrected chi connectivity index (χ2v) is 4.38. The van der Waals surface area contributed by atoms with Crippen LogP contribution in [0.5, 0.6) is 0 Å². The molecule has 0 aliphatic carbocycles. The standard InChI is InChI=1S/C16H11N3O2/c20-16(21)13-5-6-14(11-3-1-7-17-9-11)19-15(13)12-4-2-8-18-10-12/h1-10H,(H,20,21). The van der Waals surface area contributed by atoms with Crippen molar-refractivity contribution in [3.05, 3.63) is 66.7 Å². The van der Waals surface area contributed by atoms with E-state index < -0.39 is 5.97 Å². The molecule has 0 amide bonds. The van der Waals surface area contributed by atoms with Crippen molar-refractivity contribution in [1.82, 2.24) is 15.0 Å². The summed E-state index contributed by atoms with van der Waals surface area (Å²) in [4.78, 5) is 23.9. The third-order valence-electron chi connectivity index (χ3n) is 3.02. The Morgan fingerprint density at radius 3 is 2.14 bits per heavy atom. The number of aromatic carboxylic acids is 1. The summed E-state index contributed by atoms with van der Waals surface area (Å²) in [5.74, 6) is -1.01. The number of nitrogens with zero attached hydrogens (tertiary/aromatic N) is 3. The van der Waals surface area contributed by atoms with Gasteiger partial charge in [0.2, 0.25) is 0 Å². The van der Waals surface area contributed by atoms with E-state index in [1.807, 2.05) is 12.1 Å². The zero-order valence-corrected chi connectivity index (χ0v) is 11.0. The normalized spacial score (nSPS) is 10.3. The molecule has 3 heterocycles. The van der Waals surface area contributed by atoms with Crippen molar-refractivity contribution >= 4 is 5.97 Å². The molecule has 0 spiro atoms. The van der Waals surface area contributed by atoms with Gasteiger partial charge in [0.1, 0.15) is 0 Å². The highest BCUT2D eigenvalue weighted by atomic mass is 16.4. The van der Waals surface area contributed by atoms with Gasteiger partial charge in [0.05, 0.1) is 17.0 Å². The molecule has 21 heavy (non-hydrogen) atoms. The number of aromatic nitrogens is 3. The van der Waals surface area contributed by atoms with E-state index in [1.54, 1.807) is 49.1 Å². The zero-order chi connectivity index (χ0) is 14.7. The fourth-order valence-corrected chi connectivity index (χ4v) is 2.03. The first-order valence-electron chi connectivity index (χ1n) is 6.31. The van der Waals surface area contributed by atoms with Gasteiger partial charge < -0.3 is 5.11 Å². The summed E-state index contributed by atoms with van der Waals surface area (Å²) >= 11 is 0. The predicted molar refractivity (Wildman–Crippen MR) is 77.7 cm³/mol. The van der Waals surface area contributed by atoms with Crippen molar-refractivity contribution in [2.24, 2.45) is 0 Å². The van der Waals surface area contributed by atoms with Gasteiger partial charge in [0, 0.05) is 35.9 Å². The minimum Gasteiger partial charge on any atom is -0.478 e. The maximum Gasteiger partial charge on any atom is 0.337 e. The van der Waals surface area contributed by atoms with Crippen LogP contribution in [0.25, 0.3) is 22.5 Å². The van der Waals surface area contributed by atoms with Crippen LogP contribution in [0, 0.1) is 0 Å². The molecule has 0 unspecified atom stereocenters. The lowest BCUT2D eigenvalue weighted by Gasteiger charge is -2.08. The molecule has 0 aliphatic rings. The second kappa shape index (κ2) is 5.50. The molecule has 3 aromatic heterocycles. The van der Waals surface area contributed by atoms with E-state index in [0.29, 0.717) is 17.0 Å². The Morgan fingerprint density at radius 2 is 1.57 bits per heavy atom. The van der Waals surface area contributed by atoms with E-state index in [9.17, 15) is 9.90 Å². The molecule has 0 saturated carbocycles. The molecule has 5 nitrogen and oxygen atoms in total. The van der Waals surface area contributed by atoms with Gasteiger partial charge in [-0.1, -0.05) is 0 Å². The van der Waals surface area contributed by atoms with Crippen LogP contribution in [0.15, 0.2) is 61.2 Å². The molecule has 0 bridgehead atoms. The van der Waals surface area contributed by atoms with Gasteiger partial charge in [-0.05, 0) is 36.4 Å². The summed E-state index contributed by atoms with van der Waals surface area (Å²) in [5.41, 5.74) is 2.72. The molecule has 102 valence electrons. The van der Waals surface area contributed by atoms with E-state index >= 15 is 0 Å². The molecule has 0 fully saturated rings. The first-order valence-corrected chi connectivity index (χ1v) is 6.31. The van der Waals surface area contributed by atoms with Crippen molar-refractivity contribution in [1.29, 1.82) is 0 Å². The molecule has 0 saturated heterocycles. The van der Waals surface area contributed by atoms with Crippen LogP contribution < -0.4 is 0 Å². The highest BCUT2D eigenvalue weighted by molar-refractivity contribution is 5.95. The molecule has 3 aromatic rings. The van der Waals surface area contributed by atoms with Gasteiger partial charge in [0.15, 0.2) is 0 Å².